The molecule has 3 rings (SSSR count). The van der Waals surface area contributed by atoms with Crippen LogP contribution in [0.5, 0.6) is 5.75 Å². The molecular weight excluding hydrogens is 348 g/mol. The van der Waals surface area contributed by atoms with Gasteiger partial charge in [0.25, 0.3) is 0 Å². The second-order valence-electron chi connectivity index (χ2n) is 5.69. The molecule has 132 valence electrons. The van der Waals surface area contributed by atoms with E-state index in [0.29, 0.717) is 5.76 Å². The van der Waals surface area contributed by atoms with Gasteiger partial charge in [0, 0.05) is 12.1 Å². The molecular formula is C18H17ClO6. The Morgan fingerprint density at radius 2 is 1.40 bits per heavy atom. The first-order valence-corrected chi connectivity index (χ1v) is 8.54. The van der Waals surface area contributed by atoms with Crippen LogP contribution in [0.1, 0.15) is 16.7 Å². The summed E-state index contributed by atoms with van der Waals surface area (Å²) >= 11 is 0. The molecule has 0 saturated carbocycles. The van der Waals surface area contributed by atoms with E-state index in [9.17, 15) is 5.11 Å². The number of aromatic hydroxyl groups is 1. The second kappa shape index (κ2) is 7.35. The maximum atomic E-state index is 10.0. The Morgan fingerprint density at radius 1 is 0.840 bits per heavy atom. The highest BCUT2D eigenvalue weighted by Gasteiger charge is 2.20. The van der Waals surface area contributed by atoms with E-state index in [4.69, 9.17) is 23.1 Å². The van der Waals surface area contributed by atoms with Crippen molar-refractivity contribution >= 4 is 11.0 Å². The predicted octanol–water partition coefficient (Wildman–Crippen LogP) is 0.256. The summed E-state index contributed by atoms with van der Waals surface area (Å²) in [5.74, 6) is 0.935. The fourth-order valence-corrected chi connectivity index (χ4v) is 2.44. The molecule has 25 heavy (non-hydrogen) atoms. The van der Waals surface area contributed by atoms with Crippen LogP contribution >= 0.6 is 0 Å². The smallest absolute Gasteiger partial charge is 0.364 e. The molecule has 2 aromatic carbocycles. The molecule has 0 amide bonds. The summed E-state index contributed by atoms with van der Waals surface area (Å²) in [7, 11) is -4.94. The summed E-state index contributed by atoms with van der Waals surface area (Å²) in [4.78, 5) is 0. The average Bonchev–Trinajstić information content (AvgIpc) is 2.48. The highest BCUT2D eigenvalue weighted by Crippen LogP contribution is 2.33. The Balaban J connectivity index is 0.000000399. The lowest BCUT2D eigenvalue weighted by Crippen LogP contribution is -2.68. The highest BCUT2D eigenvalue weighted by atomic mass is 35.7. The minimum Gasteiger partial charge on any atom is -0.507 e. The Bertz CT molecular complexity index is 896. The molecule has 0 radical (unpaired) electrons. The molecule has 7 heteroatoms. The Kier molecular flexibility index (Phi) is 5.62. The van der Waals surface area contributed by atoms with Crippen LogP contribution in [0.4, 0.5) is 0 Å². The number of phenols is 1. The molecule has 1 aromatic heterocycles. The lowest BCUT2D eigenvalue weighted by molar-refractivity contribution is -2.00. The molecule has 3 aromatic rings. The SMILES string of the molecule is Cc1ccc(O)c(-c2cc(C)c3cc(C)ccc3[o+]2)c1.[O-][Cl+3]([O-])([O-])[O-]. The third-order valence-electron chi connectivity index (χ3n) is 3.54. The largest absolute Gasteiger partial charge is 0.507 e. The van der Waals surface area contributed by atoms with Gasteiger partial charge < -0.3 is 5.11 Å². The number of aryl methyl sites for hydroxylation is 3. The molecule has 0 aliphatic heterocycles. The van der Waals surface area contributed by atoms with Crippen LogP contribution in [0, 0.1) is 31.0 Å². The number of phenolic OH excluding ortho intramolecular Hbond substituents is 1. The first kappa shape index (κ1) is 19.1. The van der Waals surface area contributed by atoms with Gasteiger partial charge in [-0.3, -0.25) is 0 Å². The molecule has 0 bridgehead atoms. The van der Waals surface area contributed by atoms with Crippen molar-refractivity contribution in [2.45, 2.75) is 20.8 Å². The summed E-state index contributed by atoms with van der Waals surface area (Å²) in [5, 5.41) is 11.1. The van der Waals surface area contributed by atoms with Gasteiger partial charge in [0.1, 0.15) is 11.3 Å². The van der Waals surface area contributed by atoms with Gasteiger partial charge in [-0.15, -0.1) is 10.2 Å². The number of rotatable bonds is 1. The molecule has 0 saturated heterocycles. The topological polar surface area (TPSA) is 124 Å². The lowest BCUT2D eigenvalue weighted by atomic mass is 10.0. The van der Waals surface area contributed by atoms with Gasteiger partial charge in [0.05, 0.1) is 5.39 Å². The van der Waals surface area contributed by atoms with Crippen LogP contribution in [0.2, 0.25) is 0 Å². The van der Waals surface area contributed by atoms with Crippen LogP contribution in [0.15, 0.2) is 46.9 Å². The van der Waals surface area contributed by atoms with Crippen LogP contribution in [-0.4, -0.2) is 5.11 Å². The third-order valence-corrected chi connectivity index (χ3v) is 3.54. The molecule has 6 nitrogen and oxygen atoms in total. The van der Waals surface area contributed by atoms with Crippen LogP contribution in [-0.2, 0) is 0 Å². The molecule has 0 spiro atoms. The zero-order chi connectivity index (χ0) is 18.8. The van der Waals surface area contributed by atoms with Crippen molar-refractivity contribution in [3.8, 4) is 17.1 Å². The summed E-state index contributed by atoms with van der Waals surface area (Å²) in [6.45, 7) is 6.13. The summed E-state index contributed by atoms with van der Waals surface area (Å²) in [6, 6.07) is 13.6. The third kappa shape index (κ3) is 5.38. The van der Waals surface area contributed by atoms with Crippen LogP contribution in [0.25, 0.3) is 22.3 Å². The first-order valence-electron chi connectivity index (χ1n) is 7.30. The zero-order valence-corrected chi connectivity index (χ0v) is 14.7. The van der Waals surface area contributed by atoms with Crippen molar-refractivity contribution in [1.29, 1.82) is 0 Å². The van der Waals surface area contributed by atoms with E-state index < -0.39 is 10.2 Å². The monoisotopic (exact) mass is 364 g/mol. The number of fused-ring (bicyclic) bond motifs is 1. The maximum absolute atomic E-state index is 10.0. The van der Waals surface area contributed by atoms with E-state index in [1.165, 1.54) is 5.56 Å². The lowest BCUT2D eigenvalue weighted by Gasteiger charge is -2.17. The van der Waals surface area contributed by atoms with E-state index in [0.717, 1.165) is 27.7 Å². The fourth-order valence-electron chi connectivity index (χ4n) is 2.44. The van der Waals surface area contributed by atoms with Crippen molar-refractivity contribution in [1.82, 2.24) is 0 Å². The van der Waals surface area contributed by atoms with E-state index in [-0.39, 0.29) is 5.75 Å². The summed E-state index contributed by atoms with van der Waals surface area (Å²) < 4.78 is 39.9. The van der Waals surface area contributed by atoms with Crippen LogP contribution < -0.4 is 18.6 Å². The average molecular weight is 365 g/mol. The van der Waals surface area contributed by atoms with E-state index >= 15 is 0 Å². The normalized spacial score (nSPS) is 11.2. The van der Waals surface area contributed by atoms with E-state index in [1.54, 1.807) is 6.07 Å². The quantitative estimate of drug-likeness (QED) is 0.617. The van der Waals surface area contributed by atoms with Gasteiger partial charge in [-0.05, 0) is 61.7 Å². The molecule has 0 fully saturated rings. The molecule has 1 heterocycles. The van der Waals surface area contributed by atoms with Gasteiger partial charge in [0.15, 0.2) is 0 Å². The van der Waals surface area contributed by atoms with Gasteiger partial charge in [-0.1, -0.05) is 6.07 Å². The summed E-state index contributed by atoms with van der Waals surface area (Å²) in [6.07, 6.45) is 0. The second-order valence-corrected chi connectivity index (χ2v) is 6.45. The van der Waals surface area contributed by atoms with Gasteiger partial charge in [-0.2, -0.15) is 0 Å². The van der Waals surface area contributed by atoms with Gasteiger partial charge in [0.2, 0.25) is 0 Å². The summed E-state index contributed by atoms with van der Waals surface area (Å²) in [5.41, 5.74) is 5.02. The van der Waals surface area contributed by atoms with E-state index in [2.05, 4.69) is 19.9 Å². The molecule has 0 aliphatic carbocycles. The zero-order valence-electron chi connectivity index (χ0n) is 13.9. The molecule has 1 N–H and O–H groups in total. The first-order chi connectivity index (χ1) is 11.5. The van der Waals surface area contributed by atoms with E-state index in [1.807, 2.05) is 37.3 Å². The van der Waals surface area contributed by atoms with Gasteiger partial charge in [-0.25, -0.2) is 23.1 Å². The number of benzene rings is 2. The van der Waals surface area contributed by atoms with Crippen molar-refractivity contribution in [3.63, 3.8) is 0 Å². The molecule has 0 unspecified atom stereocenters. The number of halogens is 1. The minimum atomic E-state index is -4.94. The Hall–Kier alpha value is -2.22. The fraction of sp³-hybridized carbons (Fsp3) is 0.167. The standard InChI is InChI=1S/C18H16O2.ClHO4/c1-11-4-6-16(19)15(9-11)18-10-13(3)14-8-12(2)5-7-17(14)20-18;2-1(3,4)5/h4-10H,1-3H3;(H,2,3,4,5). The van der Waals surface area contributed by atoms with Crippen LogP contribution in [0.3, 0.4) is 0 Å². The van der Waals surface area contributed by atoms with Crippen molar-refractivity contribution in [2.75, 3.05) is 0 Å². The predicted molar refractivity (Wildman–Crippen MR) is 81.9 cm³/mol. The maximum Gasteiger partial charge on any atom is 0.364 e. The molecule has 0 aliphatic rings. The minimum absolute atomic E-state index is 0.241. The van der Waals surface area contributed by atoms with Crippen molar-refractivity contribution in [2.24, 2.45) is 0 Å². The van der Waals surface area contributed by atoms with Gasteiger partial charge >= 0.3 is 11.3 Å². The molecule has 0 atom stereocenters. The Morgan fingerprint density at radius 3 is 2.04 bits per heavy atom. The number of hydrogen-bond acceptors (Lipinski definition) is 5. The Labute approximate surface area is 147 Å². The van der Waals surface area contributed by atoms with Crippen molar-refractivity contribution < 1.29 is 38.4 Å². The highest BCUT2D eigenvalue weighted by molar-refractivity contribution is 5.83. The number of hydrogen-bond donors (Lipinski definition) is 1. The van der Waals surface area contributed by atoms with Crippen molar-refractivity contribution in [3.05, 3.63) is 59.2 Å².